The van der Waals surface area contributed by atoms with Crippen LogP contribution in [0, 0.1) is 0 Å². The van der Waals surface area contributed by atoms with Crippen LogP contribution in [-0.4, -0.2) is 30.6 Å². The van der Waals surface area contributed by atoms with Crippen molar-refractivity contribution in [2.24, 2.45) is 0 Å². The smallest absolute Gasteiger partial charge is 0.336 e. The number of carbonyl (C=O) groups is 2. The molecule has 0 aromatic heterocycles. The van der Waals surface area contributed by atoms with Gasteiger partial charge in [-0.2, -0.15) is 0 Å². The molecular weight excluding hydrogens is 370 g/mol. The van der Waals surface area contributed by atoms with Crippen LogP contribution < -0.4 is 10.1 Å². The van der Waals surface area contributed by atoms with E-state index in [1.807, 2.05) is 25.1 Å². The Balaban J connectivity index is 1.94. The number of nitrogens with one attached hydrogen (secondary N) is 1. The molecule has 1 atom stereocenters. The Morgan fingerprint density at radius 1 is 1.17 bits per heavy atom. The molecule has 2 aliphatic rings. The average molecular weight is 391 g/mol. The number of Topliss-reactive ketones (excluding diaryl/α,β-unsaturated/α-hetero) is 1. The van der Waals surface area contributed by atoms with Gasteiger partial charge in [0.05, 0.1) is 25.0 Å². The molecule has 1 aliphatic heterocycles. The minimum Gasteiger partial charge on any atom is -0.504 e. The molecule has 29 heavy (non-hydrogen) atoms. The average Bonchev–Trinajstić information content (AvgIpc) is 3.00. The zero-order valence-corrected chi connectivity index (χ0v) is 16.4. The van der Waals surface area contributed by atoms with Gasteiger partial charge in [-0.05, 0) is 31.5 Å². The Hall–Kier alpha value is -3.54. The minimum atomic E-state index is -0.640. The maximum atomic E-state index is 13.3. The summed E-state index contributed by atoms with van der Waals surface area (Å²) in [5.41, 5.74) is 4.25. The SMILES string of the molecule is CCOc1cc([C@H]2C(C(=O)OC)=C(C)NC3=C2C(=O)c2ccccc23)ccc1O. The molecule has 148 valence electrons. The Labute approximate surface area is 168 Å². The number of ether oxygens (including phenoxy) is 2. The fourth-order valence-electron chi connectivity index (χ4n) is 4.02. The van der Waals surface area contributed by atoms with E-state index in [4.69, 9.17) is 9.47 Å². The monoisotopic (exact) mass is 391 g/mol. The lowest BCUT2D eigenvalue weighted by atomic mass is 9.79. The van der Waals surface area contributed by atoms with Gasteiger partial charge in [-0.15, -0.1) is 0 Å². The first-order chi connectivity index (χ1) is 14.0. The maximum Gasteiger partial charge on any atom is 0.336 e. The lowest BCUT2D eigenvalue weighted by Crippen LogP contribution is -2.29. The molecule has 0 fully saturated rings. The predicted octanol–water partition coefficient (Wildman–Crippen LogP) is 3.53. The summed E-state index contributed by atoms with van der Waals surface area (Å²) < 4.78 is 10.5. The molecule has 4 rings (SSSR count). The summed E-state index contributed by atoms with van der Waals surface area (Å²) in [6.45, 7) is 3.98. The molecule has 0 amide bonds. The van der Waals surface area contributed by atoms with Crippen LogP contribution in [0.15, 0.2) is 59.3 Å². The van der Waals surface area contributed by atoms with Crippen LogP contribution in [0.5, 0.6) is 11.5 Å². The molecule has 2 aromatic rings. The second-order valence-electron chi connectivity index (χ2n) is 6.91. The van der Waals surface area contributed by atoms with Gasteiger partial charge < -0.3 is 19.9 Å². The number of methoxy groups -OCH3 is 1. The summed E-state index contributed by atoms with van der Waals surface area (Å²) in [4.78, 5) is 26.0. The summed E-state index contributed by atoms with van der Waals surface area (Å²) >= 11 is 0. The topological polar surface area (TPSA) is 84.9 Å². The normalized spacial score (nSPS) is 17.6. The third-order valence-electron chi connectivity index (χ3n) is 5.27. The molecule has 2 aromatic carbocycles. The van der Waals surface area contributed by atoms with Gasteiger partial charge in [-0.25, -0.2) is 4.79 Å². The van der Waals surface area contributed by atoms with Gasteiger partial charge >= 0.3 is 5.97 Å². The highest BCUT2D eigenvalue weighted by molar-refractivity contribution is 6.23. The molecule has 0 spiro atoms. The summed E-state index contributed by atoms with van der Waals surface area (Å²) in [5.74, 6) is -0.983. The van der Waals surface area contributed by atoms with Crippen molar-refractivity contribution in [2.75, 3.05) is 13.7 Å². The van der Waals surface area contributed by atoms with E-state index in [0.717, 1.165) is 5.56 Å². The number of hydrogen-bond acceptors (Lipinski definition) is 6. The van der Waals surface area contributed by atoms with E-state index in [9.17, 15) is 14.7 Å². The van der Waals surface area contributed by atoms with E-state index in [1.54, 1.807) is 25.1 Å². The number of fused-ring (bicyclic) bond motifs is 2. The standard InChI is InChI=1S/C23H21NO5/c1-4-29-17-11-13(9-10-16(17)25)19-18(23(27)28-3)12(2)24-21-14-7-5-6-8-15(14)22(26)20(19)21/h5-11,19,24-25H,4H2,1-3H3/t19-/m0/s1. The number of rotatable bonds is 4. The van der Waals surface area contributed by atoms with Crippen molar-refractivity contribution in [1.82, 2.24) is 5.32 Å². The molecule has 0 bridgehead atoms. The molecule has 0 saturated carbocycles. The molecule has 2 N–H and O–H groups in total. The number of allylic oxidation sites excluding steroid dienone is 2. The number of esters is 1. The van der Waals surface area contributed by atoms with Crippen LogP contribution in [-0.2, 0) is 9.53 Å². The van der Waals surface area contributed by atoms with Crippen molar-refractivity contribution in [1.29, 1.82) is 0 Å². The number of aromatic hydroxyl groups is 1. The van der Waals surface area contributed by atoms with Crippen LogP contribution in [0.3, 0.4) is 0 Å². The number of hydrogen-bond donors (Lipinski definition) is 2. The fraction of sp³-hybridized carbons (Fsp3) is 0.217. The van der Waals surface area contributed by atoms with E-state index in [2.05, 4.69) is 5.32 Å². The molecule has 0 unspecified atom stereocenters. The molecule has 0 saturated heterocycles. The lowest BCUT2D eigenvalue weighted by Gasteiger charge is -2.29. The lowest BCUT2D eigenvalue weighted by molar-refractivity contribution is -0.136. The number of dihydropyridines is 1. The Morgan fingerprint density at radius 3 is 2.59 bits per heavy atom. The van der Waals surface area contributed by atoms with Crippen LogP contribution in [0.2, 0.25) is 0 Å². The van der Waals surface area contributed by atoms with Crippen LogP contribution in [0.25, 0.3) is 5.70 Å². The number of phenolic OH excluding ortho intramolecular Hbond substituents is 1. The van der Waals surface area contributed by atoms with Gasteiger partial charge in [0.25, 0.3) is 0 Å². The Bertz CT molecular complexity index is 1100. The fourth-order valence-corrected chi connectivity index (χ4v) is 4.02. The van der Waals surface area contributed by atoms with Crippen molar-refractivity contribution in [3.05, 3.63) is 76.0 Å². The van der Waals surface area contributed by atoms with Crippen molar-refractivity contribution < 1.29 is 24.2 Å². The highest BCUT2D eigenvalue weighted by Crippen LogP contribution is 2.47. The summed E-state index contributed by atoms with van der Waals surface area (Å²) in [5, 5.41) is 13.3. The van der Waals surface area contributed by atoms with E-state index >= 15 is 0 Å². The van der Waals surface area contributed by atoms with Gasteiger partial charge in [-0.1, -0.05) is 30.3 Å². The van der Waals surface area contributed by atoms with Crippen LogP contribution >= 0.6 is 0 Å². The second kappa shape index (κ2) is 7.13. The second-order valence-corrected chi connectivity index (χ2v) is 6.91. The predicted molar refractivity (Wildman–Crippen MR) is 108 cm³/mol. The number of carbonyl (C=O) groups excluding carboxylic acids is 2. The van der Waals surface area contributed by atoms with Gasteiger partial charge in [0.1, 0.15) is 0 Å². The zero-order valence-electron chi connectivity index (χ0n) is 16.4. The van der Waals surface area contributed by atoms with Crippen molar-refractivity contribution in [2.45, 2.75) is 19.8 Å². The van der Waals surface area contributed by atoms with Crippen LogP contribution in [0.1, 0.15) is 41.3 Å². The van der Waals surface area contributed by atoms with Crippen molar-refractivity contribution in [3.63, 3.8) is 0 Å². The van der Waals surface area contributed by atoms with Gasteiger partial charge in [0.2, 0.25) is 0 Å². The third kappa shape index (κ3) is 2.88. The van der Waals surface area contributed by atoms with Crippen LogP contribution in [0.4, 0.5) is 0 Å². The van der Waals surface area contributed by atoms with Gasteiger partial charge in [0.15, 0.2) is 17.3 Å². The molecule has 1 aliphatic carbocycles. The third-order valence-corrected chi connectivity index (χ3v) is 5.27. The van der Waals surface area contributed by atoms with E-state index in [-0.39, 0.29) is 11.5 Å². The van der Waals surface area contributed by atoms with Gasteiger partial charge in [0, 0.05) is 28.3 Å². The molecule has 0 radical (unpaired) electrons. The number of benzene rings is 2. The first-order valence-electron chi connectivity index (χ1n) is 9.38. The van der Waals surface area contributed by atoms with Gasteiger partial charge in [-0.3, -0.25) is 4.79 Å². The Kier molecular flexibility index (Phi) is 4.62. The summed E-state index contributed by atoms with van der Waals surface area (Å²) in [6.07, 6.45) is 0. The highest BCUT2D eigenvalue weighted by atomic mass is 16.5. The first-order valence-corrected chi connectivity index (χ1v) is 9.38. The van der Waals surface area contributed by atoms with E-state index in [1.165, 1.54) is 13.2 Å². The number of ketones is 1. The molecule has 6 heteroatoms. The van der Waals surface area contributed by atoms with E-state index < -0.39 is 11.9 Å². The molecule has 6 nitrogen and oxygen atoms in total. The quantitative estimate of drug-likeness (QED) is 0.776. The van der Waals surface area contributed by atoms with Crippen molar-refractivity contribution in [3.8, 4) is 11.5 Å². The minimum absolute atomic E-state index is 0.0000849. The van der Waals surface area contributed by atoms with Crippen molar-refractivity contribution >= 4 is 17.4 Å². The first kappa shape index (κ1) is 18.8. The largest absolute Gasteiger partial charge is 0.504 e. The molecule has 1 heterocycles. The Morgan fingerprint density at radius 2 is 1.90 bits per heavy atom. The number of phenols is 1. The van der Waals surface area contributed by atoms with E-state index in [0.29, 0.717) is 46.0 Å². The summed E-state index contributed by atoms with van der Waals surface area (Å²) in [6, 6.07) is 12.2. The maximum absolute atomic E-state index is 13.3. The zero-order chi connectivity index (χ0) is 20.7. The summed E-state index contributed by atoms with van der Waals surface area (Å²) in [7, 11) is 1.32. The molecular formula is C23H21NO5. The highest BCUT2D eigenvalue weighted by Gasteiger charge is 2.42.